The van der Waals surface area contributed by atoms with Gasteiger partial charge in [-0.3, -0.25) is 37.3 Å². The number of phosphoric acid groups is 2. The number of phosphoric ester groups is 2. The molecule has 0 rings (SSSR count). The van der Waals surface area contributed by atoms with E-state index in [-0.39, 0.29) is 25.7 Å². The lowest BCUT2D eigenvalue weighted by atomic mass is 10.0. The summed E-state index contributed by atoms with van der Waals surface area (Å²) in [5.41, 5.74) is 0. The minimum Gasteiger partial charge on any atom is -0.462 e. The standard InChI is InChI=1S/C86H168O17P2/c1-7-9-11-13-15-17-19-21-23-25-27-28-29-31-33-35-37-39-44-52-58-64-70-85(90)102-81(74-96-83(88)68-62-56-50-43-38-36-34-32-30-26-24-22-20-18-16-14-12-10-8-2)76-100-104(92,93)98-72-80(87)73-99-105(94,95)101-77-82(75-97-84(89)69-63-57-51-47-46-49-55-61-67-79(5)6)103-86(91)71-65-59-53-45-41-40-42-48-54-60-66-78(3)4/h78-82,87H,7-77H2,1-6H3,(H,92,93)(H,94,95)/t80-,81-,82-/m1/s1. The van der Waals surface area contributed by atoms with Gasteiger partial charge in [0.15, 0.2) is 12.2 Å². The van der Waals surface area contributed by atoms with Crippen LogP contribution in [0.4, 0.5) is 0 Å². The van der Waals surface area contributed by atoms with Crippen molar-refractivity contribution in [3.05, 3.63) is 0 Å². The van der Waals surface area contributed by atoms with Crippen LogP contribution in [0.5, 0.6) is 0 Å². The first-order chi connectivity index (χ1) is 50.9. The number of unbranched alkanes of at least 4 members (excludes halogenated alkanes) is 55. The zero-order chi connectivity index (χ0) is 77.1. The van der Waals surface area contributed by atoms with Crippen LogP contribution in [0, 0.1) is 11.8 Å². The van der Waals surface area contributed by atoms with Gasteiger partial charge in [0, 0.05) is 25.7 Å². The summed E-state index contributed by atoms with van der Waals surface area (Å²) in [5.74, 6) is -0.627. The molecular weight excluding hydrogens is 1370 g/mol. The van der Waals surface area contributed by atoms with Crippen molar-refractivity contribution in [3.63, 3.8) is 0 Å². The second kappa shape index (κ2) is 77.4. The molecule has 105 heavy (non-hydrogen) atoms. The van der Waals surface area contributed by atoms with Gasteiger partial charge in [0.05, 0.1) is 26.4 Å². The molecule has 0 aromatic rings. The van der Waals surface area contributed by atoms with Crippen molar-refractivity contribution in [2.75, 3.05) is 39.6 Å². The molecule has 5 atom stereocenters. The topological polar surface area (TPSA) is 237 Å². The lowest BCUT2D eigenvalue weighted by Crippen LogP contribution is -2.30. The lowest BCUT2D eigenvalue weighted by molar-refractivity contribution is -0.161. The quantitative estimate of drug-likeness (QED) is 0.0222. The molecule has 0 aromatic heterocycles. The van der Waals surface area contributed by atoms with Crippen molar-refractivity contribution in [1.82, 2.24) is 0 Å². The van der Waals surface area contributed by atoms with E-state index in [4.69, 9.17) is 37.0 Å². The third-order valence-electron chi connectivity index (χ3n) is 20.2. The van der Waals surface area contributed by atoms with Crippen molar-refractivity contribution >= 4 is 39.5 Å². The molecule has 19 heteroatoms. The van der Waals surface area contributed by atoms with E-state index >= 15 is 0 Å². The first-order valence-corrected chi connectivity index (χ1v) is 47.5. The smallest absolute Gasteiger partial charge is 0.462 e. The Morgan fingerprint density at radius 2 is 0.438 bits per heavy atom. The van der Waals surface area contributed by atoms with Gasteiger partial charge in [0.1, 0.15) is 19.3 Å². The van der Waals surface area contributed by atoms with Crippen LogP contribution in [0.2, 0.25) is 0 Å². The molecule has 0 fully saturated rings. The van der Waals surface area contributed by atoms with Gasteiger partial charge in [-0.2, -0.15) is 0 Å². The maximum atomic E-state index is 13.1. The summed E-state index contributed by atoms with van der Waals surface area (Å²) in [7, 11) is -9.93. The molecule has 0 bridgehead atoms. The fraction of sp³-hybridized carbons (Fsp3) is 0.953. The fourth-order valence-corrected chi connectivity index (χ4v) is 15.0. The number of hydrogen-bond donors (Lipinski definition) is 3. The summed E-state index contributed by atoms with van der Waals surface area (Å²) in [5, 5.41) is 10.7. The van der Waals surface area contributed by atoms with Crippen LogP contribution in [-0.4, -0.2) is 96.7 Å². The molecule has 0 aliphatic carbocycles. The summed E-state index contributed by atoms with van der Waals surface area (Å²) >= 11 is 0. The van der Waals surface area contributed by atoms with Crippen molar-refractivity contribution in [3.8, 4) is 0 Å². The molecular formula is C86H168O17P2. The van der Waals surface area contributed by atoms with Crippen molar-refractivity contribution in [2.24, 2.45) is 11.8 Å². The summed E-state index contributed by atoms with van der Waals surface area (Å²) in [6.45, 7) is 9.61. The first kappa shape index (κ1) is 103. The Balaban J connectivity index is 5.22. The SMILES string of the molecule is CCCCCCCCCCCCCCCCCCCCCCCCC(=O)O[C@H](COC(=O)CCCCCCCCCCCCCCCCCCCCC)COP(=O)(O)OC[C@@H](O)COP(=O)(O)OC[C@@H](COC(=O)CCCCCCCCCCC(C)C)OC(=O)CCCCCCCCCCCCC(C)C. The Morgan fingerprint density at radius 3 is 0.648 bits per heavy atom. The zero-order valence-electron chi connectivity index (χ0n) is 69.0. The highest BCUT2D eigenvalue weighted by Gasteiger charge is 2.30. The molecule has 0 saturated carbocycles. The van der Waals surface area contributed by atoms with Gasteiger partial charge in [-0.25, -0.2) is 9.13 Å². The van der Waals surface area contributed by atoms with E-state index in [1.54, 1.807) is 0 Å². The minimum atomic E-state index is -4.97. The van der Waals surface area contributed by atoms with Gasteiger partial charge in [-0.05, 0) is 37.5 Å². The van der Waals surface area contributed by atoms with E-state index < -0.39 is 97.5 Å². The van der Waals surface area contributed by atoms with Crippen molar-refractivity contribution in [2.45, 2.75) is 477 Å². The molecule has 0 aliphatic rings. The normalized spacial score (nSPS) is 13.8. The van der Waals surface area contributed by atoms with Crippen molar-refractivity contribution in [1.29, 1.82) is 0 Å². The first-order valence-electron chi connectivity index (χ1n) is 44.5. The van der Waals surface area contributed by atoms with Gasteiger partial charge < -0.3 is 33.8 Å². The maximum absolute atomic E-state index is 13.1. The molecule has 3 N–H and O–H groups in total. The molecule has 17 nitrogen and oxygen atoms in total. The molecule has 2 unspecified atom stereocenters. The van der Waals surface area contributed by atoms with E-state index in [0.717, 1.165) is 102 Å². The minimum absolute atomic E-state index is 0.106. The van der Waals surface area contributed by atoms with Gasteiger partial charge in [0.2, 0.25) is 0 Å². The molecule has 0 saturated heterocycles. The van der Waals surface area contributed by atoms with Gasteiger partial charge in [0.25, 0.3) is 0 Å². The number of carbonyl (C=O) groups is 4. The molecule has 0 radical (unpaired) electrons. The summed E-state index contributed by atoms with van der Waals surface area (Å²) in [6, 6.07) is 0. The highest BCUT2D eigenvalue weighted by molar-refractivity contribution is 7.47. The maximum Gasteiger partial charge on any atom is 0.472 e. The number of hydrogen-bond acceptors (Lipinski definition) is 15. The Bertz CT molecular complexity index is 2010. The second-order valence-electron chi connectivity index (χ2n) is 31.9. The molecule has 0 spiro atoms. The van der Waals surface area contributed by atoms with Crippen LogP contribution in [0.25, 0.3) is 0 Å². The average molecular weight is 1540 g/mol. The molecule has 0 heterocycles. The number of rotatable bonds is 85. The van der Waals surface area contributed by atoms with Crippen LogP contribution < -0.4 is 0 Å². The van der Waals surface area contributed by atoms with Crippen LogP contribution in [0.3, 0.4) is 0 Å². The van der Waals surface area contributed by atoms with Crippen LogP contribution in [0.15, 0.2) is 0 Å². The summed E-state index contributed by atoms with van der Waals surface area (Å²) < 4.78 is 68.9. The Morgan fingerprint density at radius 1 is 0.257 bits per heavy atom. The van der Waals surface area contributed by atoms with E-state index in [9.17, 15) is 43.2 Å². The molecule has 0 aliphatic heterocycles. The predicted octanol–water partition coefficient (Wildman–Crippen LogP) is 26.2. The zero-order valence-corrected chi connectivity index (χ0v) is 70.8. The monoisotopic (exact) mass is 1540 g/mol. The van der Waals surface area contributed by atoms with E-state index in [0.29, 0.717) is 25.7 Å². The molecule has 624 valence electrons. The van der Waals surface area contributed by atoms with E-state index in [1.807, 2.05) is 0 Å². The summed E-state index contributed by atoms with van der Waals surface area (Å²) in [6.07, 6.45) is 69.7. The largest absolute Gasteiger partial charge is 0.472 e. The van der Waals surface area contributed by atoms with E-state index in [1.165, 1.54) is 276 Å². The molecule has 0 amide bonds. The Labute approximate surface area is 645 Å². The number of aliphatic hydroxyl groups is 1. The van der Waals surface area contributed by atoms with Gasteiger partial charge in [-0.1, -0.05) is 408 Å². The van der Waals surface area contributed by atoms with Crippen molar-refractivity contribution < 1.29 is 80.2 Å². The van der Waals surface area contributed by atoms with Crippen LogP contribution in [-0.2, 0) is 65.4 Å². The third kappa shape index (κ3) is 79.9. The highest BCUT2D eigenvalue weighted by Crippen LogP contribution is 2.45. The number of aliphatic hydroxyl groups excluding tert-OH is 1. The average Bonchev–Trinajstić information content (AvgIpc) is 0.909. The predicted molar refractivity (Wildman–Crippen MR) is 432 cm³/mol. The van der Waals surface area contributed by atoms with Gasteiger partial charge in [-0.15, -0.1) is 0 Å². The van der Waals surface area contributed by atoms with Gasteiger partial charge >= 0.3 is 39.5 Å². The number of esters is 4. The highest BCUT2D eigenvalue weighted by atomic mass is 31.2. The lowest BCUT2D eigenvalue weighted by Gasteiger charge is -2.21. The second-order valence-corrected chi connectivity index (χ2v) is 34.8. The number of ether oxygens (including phenoxy) is 4. The Kier molecular flexibility index (Phi) is 76.0. The van der Waals surface area contributed by atoms with Crippen LogP contribution >= 0.6 is 15.6 Å². The molecule has 0 aromatic carbocycles. The van der Waals surface area contributed by atoms with Crippen LogP contribution in [0.1, 0.15) is 459 Å². The summed E-state index contributed by atoms with van der Waals surface area (Å²) in [4.78, 5) is 73.2. The Hall–Kier alpha value is -1.94. The fourth-order valence-electron chi connectivity index (χ4n) is 13.4. The number of carbonyl (C=O) groups excluding carboxylic acids is 4. The van der Waals surface area contributed by atoms with E-state index in [2.05, 4.69) is 41.5 Å². The third-order valence-corrected chi connectivity index (χ3v) is 22.1.